The molecule has 10 heteroatoms. The second-order valence-corrected chi connectivity index (χ2v) is 6.96. The van der Waals surface area contributed by atoms with Gasteiger partial charge in [0.1, 0.15) is 5.03 Å². The molecule has 0 spiro atoms. The number of carbonyl (C=O) groups is 2. The average Bonchev–Trinajstić information content (AvgIpc) is 3.19. The van der Waals surface area contributed by atoms with Crippen molar-refractivity contribution in [3.05, 3.63) is 64.5 Å². The first-order valence-corrected chi connectivity index (χ1v) is 9.32. The summed E-state index contributed by atoms with van der Waals surface area (Å²) in [6.45, 7) is 0. The van der Waals surface area contributed by atoms with Crippen LogP contribution >= 0.6 is 35.0 Å². The maximum atomic E-state index is 12.0. The molecule has 7 nitrogen and oxygen atoms in total. The smallest absolute Gasteiger partial charge is 0.292 e. The second-order valence-electron chi connectivity index (χ2n) is 5.15. The number of rotatable bonds is 6. The number of aromatic nitrogens is 2. The first-order chi connectivity index (χ1) is 13.0. The lowest BCUT2D eigenvalue weighted by Crippen LogP contribution is -2.14. The van der Waals surface area contributed by atoms with E-state index >= 15 is 0 Å². The minimum absolute atomic E-state index is 0.132. The van der Waals surface area contributed by atoms with Crippen molar-refractivity contribution in [3.8, 4) is 0 Å². The summed E-state index contributed by atoms with van der Waals surface area (Å²) in [7, 11) is 0. The molecule has 3 rings (SSSR count). The zero-order valence-corrected chi connectivity index (χ0v) is 15.9. The number of hydrogen-bond donors (Lipinski definition) is 2. The molecule has 2 aromatic heterocycles. The molecular weight excluding hydrogens is 411 g/mol. The van der Waals surface area contributed by atoms with Gasteiger partial charge in [0, 0.05) is 5.69 Å². The number of furan rings is 1. The Balaban J connectivity index is 1.50. The summed E-state index contributed by atoms with van der Waals surface area (Å²) in [4.78, 5) is 23.8. The summed E-state index contributed by atoms with van der Waals surface area (Å²) in [6, 6.07) is 11.2. The number of carbonyl (C=O) groups excluding carboxylic acids is 2. The van der Waals surface area contributed by atoms with Crippen LogP contribution in [0.3, 0.4) is 0 Å². The lowest BCUT2D eigenvalue weighted by molar-refractivity contribution is -0.113. The van der Waals surface area contributed by atoms with Crippen molar-refractivity contribution in [2.24, 2.45) is 0 Å². The van der Waals surface area contributed by atoms with Crippen LogP contribution in [-0.4, -0.2) is 27.8 Å². The molecular formula is C17H12Cl2N4O3S. The van der Waals surface area contributed by atoms with Crippen molar-refractivity contribution >= 4 is 58.3 Å². The van der Waals surface area contributed by atoms with Gasteiger partial charge < -0.3 is 15.1 Å². The maximum Gasteiger partial charge on any atom is 0.292 e. The van der Waals surface area contributed by atoms with E-state index in [1.165, 1.54) is 18.0 Å². The number of thioether (sulfide) groups is 1. The van der Waals surface area contributed by atoms with E-state index in [1.807, 2.05) is 0 Å². The fraction of sp³-hybridized carbons (Fsp3) is 0.0588. The summed E-state index contributed by atoms with van der Waals surface area (Å²) in [6.07, 6.45) is 1.41. The van der Waals surface area contributed by atoms with Crippen LogP contribution in [-0.2, 0) is 4.79 Å². The molecule has 0 fully saturated rings. The molecule has 0 aliphatic carbocycles. The molecule has 0 aliphatic rings. The highest BCUT2D eigenvalue weighted by atomic mass is 35.5. The molecule has 0 radical (unpaired) electrons. The molecule has 0 saturated heterocycles. The molecule has 0 aliphatic heterocycles. The number of halogens is 2. The normalized spacial score (nSPS) is 10.4. The summed E-state index contributed by atoms with van der Waals surface area (Å²) >= 11 is 13.0. The van der Waals surface area contributed by atoms with E-state index < -0.39 is 5.91 Å². The van der Waals surface area contributed by atoms with Crippen molar-refractivity contribution < 1.29 is 14.0 Å². The Kier molecular flexibility index (Phi) is 6.33. The predicted octanol–water partition coefficient (Wildman–Crippen LogP) is 4.36. The minimum Gasteiger partial charge on any atom is -0.459 e. The Morgan fingerprint density at radius 3 is 2.56 bits per heavy atom. The van der Waals surface area contributed by atoms with Gasteiger partial charge in [-0.1, -0.05) is 35.0 Å². The van der Waals surface area contributed by atoms with Crippen LogP contribution in [0.25, 0.3) is 0 Å². The summed E-state index contributed by atoms with van der Waals surface area (Å²) in [5, 5.41) is 14.5. The fourth-order valence-electron chi connectivity index (χ4n) is 1.96. The van der Waals surface area contributed by atoms with Crippen LogP contribution in [0.5, 0.6) is 0 Å². The van der Waals surface area contributed by atoms with Crippen LogP contribution in [0, 0.1) is 0 Å². The van der Waals surface area contributed by atoms with Crippen molar-refractivity contribution in [1.29, 1.82) is 0 Å². The Morgan fingerprint density at radius 2 is 1.89 bits per heavy atom. The largest absolute Gasteiger partial charge is 0.459 e. The molecule has 138 valence electrons. The van der Waals surface area contributed by atoms with E-state index in [0.717, 1.165) is 0 Å². The Labute approximate surface area is 168 Å². The average molecular weight is 423 g/mol. The van der Waals surface area contributed by atoms with Gasteiger partial charge in [0.25, 0.3) is 5.91 Å². The number of nitrogens with one attached hydrogen (secondary N) is 2. The van der Waals surface area contributed by atoms with Gasteiger partial charge >= 0.3 is 0 Å². The number of benzene rings is 1. The van der Waals surface area contributed by atoms with Gasteiger partial charge in [-0.25, -0.2) is 0 Å². The maximum absolute atomic E-state index is 12.0. The standard InChI is InChI=1S/C17H12Cl2N4O3S/c18-11-4-3-10(8-12(11)19)20-15(24)9-27-16-6-5-14(22-23-16)21-17(25)13-2-1-7-26-13/h1-8H,9H2,(H,20,24)(H,21,22,25). The molecule has 1 aromatic carbocycles. The summed E-state index contributed by atoms with van der Waals surface area (Å²) < 4.78 is 4.99. The molecule has 0 bridgehead atoms. The quantitative estimate of drug-likeness (QED) is 0.572. The van der Waals surface area contributed by atoms with Gasteiger partial charge in [-0.15, -0.1) is 10.2 Å². The minimum atomic E-state index is -0.421. The van der Waals surface area contributed by atoms with E-state index in [9.17, 15) is 9.59 Å². The first kappa shape index (κ1) is 19.2. The molecule has 2 amide bonds. The SMILES string of the molecule is O=C(CSc1ccc(NC(=O)c2ccco2)nn1)Nc1ccc(Cl)c(Cl)c1. The first-order valence-electron chi connectivity index (χ1n) is 7.57. The van der Waals surface area contributed by atoms with Crippen molar-refractivity contribution in [1.82, 2.24) is 10.2 Å². The number of hydrogen-bond acceptors (Lipinski definition) is 6. The zero-order chi connectivity index (χ0) is 19.2. The number of amides is 2. The number of anilines is 2. The van der Waals surface area contributed by atoms with Crippen molar-refractivity contribution in [3.63, 3.8) is 0 Å². The fourth-order valence-corrected chi connectivity index (χ4v) is 2.87. The van der Waals surface area contributed by atoms with Crippen LogP contribution in [0.2, 0.25) is 10.0 Å². The van der Waals surface area contributed by atoms with Gasteiger partial charge in [0.05, 0.1) is 22.1 Å². The zero-order valence-electron chi connectivity index (χ0n) is 13.6. The molecule has 3 aromatic rings. The van der Waals surface area contributed by atoms with Crippen molar-refractivity contribution in [2.75, 3.05) is 16.4 Å². The van der Waals surface area contributed by atoms with E-state index in [-0.39, 0.29) is 23.2 Å². The van der Waals surface area contributed by atoms with E-state index in [1.54, 1.807) is 42.5 Å². The van der Waals surface area contributed by atoms with Gasteiger partial charge in [-0.2, -0.15) is 0 Å². The molecule has 2 N–H and O–H groups in total. The van der Waals surface area contributed by atoms with Gasteiger partial charge in [-0.3, -0.25) is 9.59 Å². The highest BCUT2D eigenvalue weighted by Gasteiger charge is 2.10. The van der Waals surface area contributed by atoms with E-state index in [2.05, 4.69) is 20.8 Å². The second kappa shape index (κ2) is 8.90. The van der Waals surface area contributed by atoms with Crippen LogP contribution in [0.4, 0.5) is 11.5 Å². The highest BCUT2D eigenvalue weighted by molar-refractivity contribution is 7.99. The third-order valence-corrected chi connectivity index (χ3v) is 4.84. The number of nitrogens with zero attached hydrogens (tertiary/aromatic N) is 2. The third kappa shape index (κ3) is 5.46. The van der Waals surface area contributed by atoms with Gasteiger partial charge in [0.2, 0.25) is 5.91 Å². The van der Waals surface area contributed by atoms with Crippen LogP contribution in [0.15, 0.2) is 58.2 Å². The van der Waals surface area contributed by atoms with E-state index in [4.69, 9.17) is 27.6 Å². The Hall–Kier alpha value is -2.55. The molecule has 2 heterocycles. The van der Waals surface area contributed by atoms with Gasteiger partial charge in [-0.05, 0) is 42.5 Å². The molecule has 27 heavy (non-hydrogen) atoms. The summed E-state index contributed by atoms with van der Waals surface area (Å²) in [5.74, 6) is -0.0612. The topological polar surface area (TPSA) is 97.1 Å². The highest BCUT2D eigenvalue weighted by Crippen LogP contribution is 2.25. The van der Waals surface area contributed by atoms with Crippen LogP contribution in [0.1, 0.15) is 10.6 Å². The third-order valence-electron chi connectivity index (χ3n) is 3.18. The molecule has 0 saturated carbocycles. The van der Waals surface area contributed by atoms with Crippen molar-refractivity contribution in [2.45, 2.75) is 5.03 Å². The molecule has 0 atom stereocenters. The Morgan fingerprint density at radius 1 is 1.04 bits per heavy atom. The summed E-state index contributed by atoms with van der Waals surface area (Å²) in [5.41, 5.74) is 0.553. The van der Waals surface area contributed by atoms with E-state index in [0.29, 0.717) is 20.8 Å². The molecule has 0 unspecified atom stereocenters. The Bertz CT molecular complexity index is 949. The lowest BCUT2D eigenvalue weighted by atomic mass is 10.3. The van der Waals surface area contributed by atoms with Gasteiger partial charge in [0.15, 0.2) is 11.6 Å². The monoisotopic (exact) mass is 422 g/mol. The van der Waals surface area contributed by atoms with Crippen LogP contribution < -0.4 is 10.6 Å². The predicted molar refractivity (Wildman–Crippen MR) is 105 cm³/mol. The lowest BCUT2D eigenvalue weighted by Gasteiger charge is -2.06.